The van der Waals surface area contributed by atoms with Crippen molar-refractivity contribution in [2.24, 2.45) is 0 Å². The molecule has 0 atom stereocenters. The van der Waals surface area contributed by atoms with Gasteiger partial charge < -0.3 is 37.2 Å². The molecule has 0 saturated carbocycles. The van der Waals surface area contributed by atoms with Gasteiger partial charge in [-0.15, -0.1) is 0 Å². The fourth-order valence-corrected chi connectivity index (χ4v) is 34.0. The van der Waals surface area contributed by atoms with Crippen LogP contribution in [-0.4, -0.2) is 56.5 Å². The van der Waals surface area contributed by atoms with Gasteiger partial charge in [0.15, 0.2) is 0 Å². The maximum Gasteiger partial charge on any atom is -1.00 e. The van der Waals surface area contributed by atoms with E-state index in [1.165, 1.54) is 11.1 Å². The first-order chi connectivity index (χ1) is 26.1. The van der Waals surface area contributed by atoms with Gasteiger partial charge in [-0.3, -0.25) is 0 Å². The third-order valence-corrected chi connectivity index (χ3v) is 37.0. The van der Waals surface area contributed by atoms with Crippen LogP contribution in [0.5, 0.6) is 0 Å². The fraction of sp³-hybridized carbons (Fsp3) is 0.569. The van der Waals surface area contributed by atoms with Crippen molar-refractivity contribution in [3.63, 3.8) is 0 Å². The minimum Gasteiger partial charge on any atom is -1.00 e. The summed E-state index contributed by atoms with van der Waals surface area (Å²) in [5.74, 6) is 0. The largest absolute Gasteiger partial charge is 1.00 e. The van der Waals surface area contributed by atoms with Crippen molar-refractivity contribution in [3.05, 3.63) is 73.9 Å². The van der Waals surface area contributed by atoms with Crippen molar-refractivity contribution >= 4 is 103 Å². The Bertz CT molecular complexity index is 1950. The molecule has 0 aliphatic heterocycles. The average Bonchev–Trinajstić information content (AvgIpc) is 3.16. The quantitative estimate of drug-likeness (QED) is 0.212. The molecule has 0 spiro atoms. The molecule has 0 heterocycles. The van der Waals surface area contributed by atoms with Gasteiger partial charge in [-0.05, 0) is 0 Å². The van der Waals surface area contributed by atoms with Crippen LogP contribution < -0.4 is 83.9 Å². The van der Waals surface area contributed by atoms with Crippen LogP contribution in [0.25, 0.3) is 0 Å². The van der Waals surface area contributed by atoms with Gasteiger partial charge in [0.05, 0.1) is 0 Å². The minimum absolute atomic E-state index is 0. The molecule has 0 nitrogen and oxygen atoms in total. The molecule has 0 fully saturated rings. The predicted molar refractivity (Wildman–Crippen MR) is 290 cm³/mol. The number of benzene rings is 3. The van der Waals surface area contributed by atoms with E-state index >= 15 is 0 Å². The molecule has 3 aromatic rings. The van der Waals surface area contributed by atoms with Crippen LogP contribution in [-0.2, 0) is 20.4 Å². The summed E-state index contributed by atoms with van der Waals surface area (Å²) >= 11 is 2.81. The van der Waals surface area contributed by atoms with E-state index in [1.807, 2.05) is 0 Å². The van der Waals surface area contributed by atoms with E-state index in [2.05, 4.69) is 226 Å². The van der Waals surface area contributed by atoms with E-state index in [9.17, 15) is 0 Å². The Balaban J connectivity index is 0.00000641. The first-order valence-corrected chi connectivity index (χ1v) is 46.5. The minimum atomic E-state index is -3.24. The Labute approximate surface area is 421 Å². The number of hydrogen-bond acceptors (Lipinski definition) is 0. The molecule has 0 saturated heterocycles. The molecule has 1 aliphatic rings. The van der Waals surface area contributed by atoms with Crippen LogP contribution in [0.15, 0.2) is 40.5 Å². The van der Waals surface area contributed by atoms with Crippen LogP contribution in [0.2, 0.25) is 121 Å². The molecule has 0 unspecified atom stereocenters. The topological polar surface area (TPSA) is 0 Å². The fourth-order valence-electron chi connectivity index (χ4n) is 12.0. The molecule has 11 heteroatoms. The third kappa shape index (κ3) is 9.75. The van der Waals surface area contributed by atoms with Gasteiger partial charge in [-0.1, -0.05) is 0 Å². The summed E-state index contributed by atoms with van der Waals surface area (Å²) in [4.78, 5) is 0. The number of hydrogen-bond donors (Lipinski definition) is 0. The molecule has 1 aliphatic carbocycles. The van der Waals surface area contributed by atoms with Gasteiger partial charge >= 0.3 is 388 Å². The van der Waals surface area contributed by atoms with Gasteiger partial charge in [0.1, 0.15) is 0 Å². The van der Waals surface area contributed by atoms with Crippen LogP contribution in [0.1, 0.15) is 61.1 Å². The molecule has 0 radical (unpaired) electrons. The van der Waals surface area contributed by atoms with Gasteiger partial charge in [0.2, 0.25) is 0 Å². The van der Waals surface area contributed by atoms with Crippen LogP contribution >= 0.6 is 0 Å². The Hall–Kier alpha value is 0.242. The summed E-state index contributed by atoms with van der Waals surface area (Å²) in [5, 5.41) is 15.6. The summed E-state index contributed by atoms with van der Waals surface area (Å²) in [6, 6.07) is 8.34. The maximum atomic E-state index is 2.81. The zero-order valence-electron chi connectivity index (χ0n) is 44.9. The average molecular weight is 1050 g/mol. The molecule has 344 valence electrons. The Kier molecular flexibility index (Phi) is 18.4. The Morgan fingerprint density at radius 3 is 0.581 bits per heavy atom. The summed E-state index contributed by atoms with van der Waals surface area (Å²) in [5.41, 5.74) is 16.2. The van der Waals surface area contributed by atoms with Crippen molar-refractivity contribution < 1.29 is 57.7 Å². The second-order valence-electron chi connectivity index (χ2n) is 25.3. The first-order valence-electron chi connectivity index (χ1n) is 22.7. The van der Waals surface area contributed by atoms with Gasteiger partial charge in [0, 0.05) is 0 Å². The zero-order chi connectivity index (χ0) is 46.1. The molecule has 0 aromatic heterocycles. The van der Waals surface area contributed by atoms with Crippen LogP contribution in [0, 0.1) is 41.5 Å². The molecular weight excluding hydrogens is 963 g/mol. The van der Waals surface area contributed by atoms with Crippen molar-refractivity contribution in [1.29, 1.82) is 0 Å². The molecule has 0 N–H and O–H groups in total. The first kappa shape index (κ1) is 60.3. The van der Waals surface area contributed by atoms with E-state index in [-0.39, 0.29) is 40.6 Å². The molecule has 3 aromatic carbocycles. The molecule has 0 bridgehead atoms. The maximum absolute atomic E-state index is 3.24. The van der Waals surface area contributed by atoms with Crippen molar-refractivity contribution in [2.75, 3.05) is 0 Å². The van der Waals surface area contributed by atoms with Crippen molar-refractivity contribution in [2.45, 2.75) is 190 Å². The number of rotatable bonds is 10. The van der Waals surface area contributed by atoms with Crippen molar-refractivity contribution in [1.82, 2.24) is 0 Å². The Morgan fingerprint density at radius 1 is 0.306 bits per heavy atom. The second-order valence-corrected chi connectivity index (χ2v) is 61.2. The van der Waals surface area contributed by atoms with Crippen LogP contribution in [0.3, 0.4) is 0 Å². The van der Waals surface area contributed by atoms with Gasteiger partial charge in [-0.2, -0.15) is 0 Å². The normalized spacial score (nSPS) is 15.5. The van der Waals surface area contributed by atoms with Gasteiger partial charge in [-0.25, -0.2) is 0 Å². The van der Waals surface area contributed by atoms with E-state index in [1.54, 1.807) is 91.2 Å². The smallest absolute Gasteiger partial charge is 1.00 e. The van der Waals surface area contributed by atoms with Crippen LogP contribution in [0.4, 0.5) is 0 Å². The SMILES string of the molecule is CC1=C(C)[C]([Ti+3])([Si](c2c(C)c([Si](C)(C)C)cc([Si](C)(C)C)c2C)(c2c(C)c([Si](C)(C)C)cc([Si](C)(C)C)c2C)c2c(C)c([Si](C)(C)C)cc([Si](C)(C)C)c2C)C(C)=C1C.[Cl-].[Cl-].[Cl-]. The second kappa shape index (κ2) is 19.0. The van der Waals surface area contributed by atoms with Crippen molar-refractivity contribution in [3.8, 4) is 0 Å². The summed E-state index contributed by atoms with van der Waals surface area (Å²) in [6.07, 6.45) is 0. The van der Waals surface area contributed by atoms with E-state index in [0.717, 1.165) is 0 Å². The summed E-state index contributed by atoms with van der Waals surface area (Å²) in [7, 11) is -14.1. The van der Waals surface area contributed by atoms with E-state index in [4.69, 9.17) is 0 Å². The molecule has 0 amide bonds. The Morgan fingerprint density at radius 2 is 0.452 bits per heavy atom. The standard InChI is InChI=1S/C51H87Si7.3ClH.Ti/c1-32-33(2)35(4)48(34(32)3)58(49-36(5)42(52(11,12)13)29-43(37(49)6)53(14,15)16,50-38(7)44(54(17,18)19)30-45(39(50)8)55(20,21)22)51-40(9)46(56(23,24)25)31-47(41(51)10)57(26,27)28;;;;/h29-31H,1-28H3;3*1H;/q;;;;+3/p-3. The van der Waals surface area contributed by atoms with E-state index < -0.39 is 56.5 Å². The zero-order valence-corrected chi connectivity index (χ0v) is 55.7. The molecular formula is C51H87Cl3Si7Ti. The van der Waals surface area contributed by atoms with Gasteiger partial charge in [0.25, 0.3) is 0 Å². The summed E-state index contributed by atoms with van der Waals surface area (Å²) < 4.78 is -0.181. The third-order valence-electron chi connectivity index (χ3n) is 14.9. The molecule has 4 rings (SSSR count). The summed E-state index contributed by atoms with van der Waals surface area (Å²) in [6.45, 7) is 73.2. The monoisotopic (exact) mass is 1050 g/mol. The number of allylic oxidation sites excluding steroid dienone is 4. The number of halogens is 3. The predicted octanol–water partition coefficient (Wildman–Crippen LogP) is 1.22. The van der Waals surface area contributed by atoms with E-state index in [0.29, 0.717) is 0 Å². The molecule has 62 heavy (non-hydrogen) atoms.